The van der Waals surface area contributed by atoms with E-state index in [0.717, 1.165) is 42.2 Å². The number of rotatable bonds is 4. The zero-order valence-corrected chi connectivity index (χ0v) is 16.8. The van der Waals surface area contributed by atoms with Gasteiger partial charge in [-0.05, 0) is 75.7 Å². The number of ether oxygens (including phenoxy) is 1. The molecule has 3 aliphatic rings. The van der Waals surface area contributed by atoms with Crippen molar-refractivity contribution in [1.82, 2.24) is 0 Å². The molecule has 1 N–H and O–H groups in total. The van der Waals surface area contributed by atoms with Crippen LogP contribution in [-0.2, 0) is 22.4 Å². The molecule has 0 aliphatic heterocycles. The number of hydrogen-bond donors (Lipinski definition) is 1. The lowest BCUT2D eigenvalue weighted by Crippen LogP contribution is -2.27. The number of amides is 1. The SMILES string of the molecule is CC(C)OC(=O)c1c(NC(=O)[C@H]2C[C@@H]3CC[C@@H]2C3)sc2c1CC[C@@H](C)C2. The lowest BCUT2D eigenvalue weighted by molar-refractivity contribution is -0.121. The fourth-order valence-electron chi connectivity index (χ4n) is 5.10. The lowest BCUT2D eigenvalue weighted by Gasteiger charge is -2.21. The molecule has 1 aromatic heterocycles. The van der Waals surface area contributed by atoms with Gasteiger partial charge in [0.1, 0.15) is 5.00 Å². The average molecular weight is 376 g/mol. The van der Waals surface area contributed by atoms with Crippen LogP contribution in [0.3, 0.4) is 0 Å². The smallest absolute Gasteiger partial charge is 0.341 e. The molecule has 4 rings (SSSR count). The number of anilines is 1. The van der Waals surface area contributed by atoms with Gasteiger partial charge in [-0.25, -0.2) is 4.79 Å². The molecule has 2 saturated carbocycles. The minimum absolute atomic E-state index is 0.113. The van der Waals surface area contributed by atoms with E-state index in [-0.39, 0.29) is 23.9 Å². The summed E-state index contributed by atoms with van der Waals surface area (Å²) in [4.78, 5) is 26.9. The third-order valence-corrected chi connectivity index (χ3v) is 7.54. The molecule has 0 aromatic carbocycles. The maximum atomic E-state index is 12.9. The quantitative estimate of drug-likeness (QED) is 0.768. The van der Waals surface area contributed by atoms with Crippen LogP contribution in [0.5, 0.6) is 0 Å². The number of carbonyl (C=O) groups excluding carboxylic acids is 2. The zero-order valence-electron chi connectivity index (χ0n) is 16.0. The summed E-state index contributed by atoms with van der Waals surface area (Å²) in [6, 6.07) is 0. The van der Waals surface area contributed by atoms with Crippen LogP contribution in [-0.4, -0.2) is 18.0 Å². The van der Waals surface area contributed by atoms with Crippen molar-refractivity contribution in [2.45, 2.75) is 71.8 Å². The van der Waals surface area contributed by atoms with Crippen molar-refractivity contribution in [1.29, 1.82) is 0 Å². The van der Waals surface area contributed by atoms with E-state index in [9.17, 15) is 9.59 Å². The molecular formula is C21H29NO3S. The molecule has 1 amide bonds. The van der Waals surface area contributed by atoms with Gasteiger partial charge in [-0.1, -0.05) is 13.3 Å². The van der Waals surface area contributed by atoms with Crippen LogP contribution in [0, 0.1) is 23.7 Å². The molecule has 142 valence electrons. The van der Waals surface area contributed by atoms with Crippen LogP contribution in [0.1, 0.15) is 73.7 Å². The van der Waals surface area contributed by atoms with Gasteiger partial charge in [0.15, 0.2) is 0 Å². The minimum Gasteiger partial charge on any atom is -0.459 e. The lowest BCUT2D eigenvalue weighted by atomic mass is 9.87. The fourth-order valence-corrected chi connectivity index (χ4v) is 6.50. The first-order valence-corrected chi connectivity index (χ1v) is 10.9. The van der Waals surface area contributed by atoms with Crippen LogP contribution >= 0.6 is 11.3 Å². The number of fused-ring (bicyclic) bond motifs is 3. The Morgan fingerprint density at radius 2 is 2.00 bits per heavy atom. The van der Waals surface area contributed by atoms with Crippen LogP contribution in [0.25, 0.3) is 0 Å². The normalized spacial score (nSPS) is 29.7. The Bertz CT molecular complexity index is 723. The van der Waals surface area contributed by atoms with E-state index < -0.39 is 0 Å². The predicted molar refractivity (Wildman–Crippen MR) is 104 cm³/mol. The maximum absolute atomic E-state index is 12.9. The van der Waals surface area contributed by atoms with Gasteiger partial charge in [0, 0.05) is 10.8 Å². The third-order valence-electron chi connectivity index (χ3n) is 6.37. The second-order valence-electron chi connectivity index (χ2n) is 8.78. The van der Waals surface area contributed by atoms with Crippen molar-refractivity contribution >= 4 is 28.2 Å². The highest BCUT2D eigenvalue weighted by molar-refractivity contribution is 7.17. The summed E-state index contributed by atoms with van der Waals surface area (Å²) < 4.78 is 5.50. The summed E-state index contributed by atoms with van der Waals surface area (Å²) in [6.07, 6.45) is 7.52. The Hall–Kier alpha value is -1.36. The van der Waals surface area contributed by atoms with Gasteiger partial charge in [-0.15, -0.1) is 11.3 Å². The topological polar surface area (TPSA) is 55.4 Å². The Labute approximate surface area is 159 Å². The van der Waals surface area contributed by atoms with Crippen LogP contribution in [0.2, 0.25) is 0 Å². The van der Waals surface area contributed by atoms with E-state index in [1.807, 2.05) is 13.8 Å². The average Bonchev–Trinajstić information content (AvgIpc) is 3.26. The van der Waals surface area contributed by atoms with E-state index in [4.69, 9.17) is 4.74 Å². The van der Waals surface area contributed by atoms with Crippen molar-refractivity contribution in [3.05, 3.63) is 16.0 Å². The largest absolute Gasteiger partial charge is 0.459 e. The molecule has 2 bridgehead atoms. The van der Waals surface area contributed by atoms with Crippen LogP contribution < -0.4 is 5.32 Å². The maximum Gasteiger partial charge on any atom is 0.341 e. The van der Waals surface area contributed by atoms with E-state index in [0.29, 0.717) is 17.4 Å². The molecule has 26 heavy (non-hydrogen) atoms. The summed E-state index contributed by atoms with van der Waals surface area (Å²) in [6.45, 7) is 5.99. The van der Waals surface area contributed by atoms with E-state index in [1.54, 1.807) is 11.3 Å². The first kappa shape index (κ1) is 18.0. The standard InChI is InChI=1S/C21H29NO3S/c1-11(2)25-21(24)18-15-7-4-12(3)8-17(15)26-20(18)22-19(23)16-10-13-5-6-14(16)9-13/h11-14,16H,4-10H2,1-3H3,(H,22,23)/t12-,13-,14-,16+/m1/s1. The van der Waals surface area contributed by atoms with E-state index in [2.05, 4.69) is 12.2 Å². The molecule has 4 nitrogen and oxygen atoms in total. The third kappa shape index (κ3) is 3.30. The van der Waals surface area contributed by atoms with Crippen LogP contribution in [0.15, 0.2) is 0 Å². The first-order chi connectivity index (χ1) is 12.4. The van der Waals surface area contributed by atoms with Crippen molar-refractivity contribution in [2.24, 2.45) is 23.7 Å². The van der Waals surface area contributed by atoms with Gasteiger partial charge in [0.05, 0.1) is 11.7 Å². The van der Waals surface area contributed by atoms with Gasteiger partial charge in [-0.2, -0.15) is 0 Å². The van der Waals surface area contributed by atoms with Gasteiger partial charge < -0.3 is 10.1 Å². The molecule has 0 unspecified atom stereocenters. The van der Waals surface area contributed by atoms with E-state index >= 15 is 0 Å². The second kappa shape index (κ2) is 6.99. The molecule has 1 heterocycles. The Morgan fingerprint density at radius 3 is 2.65 bits per heavy atom. The molecule has 5 heteroatoms. The number of hydrogen-bond acceptors (Lipinski definition) is 4. The number of carbonyl (C=O) groups is 2. The summed E-state index contributed by atoms with van der Waals surface area (Å²) in [5.74, 6) is 1.86. The molecular weight excluding hydrogens is 346 g/mol. The summed E-state index contributed by atoms with van der Waals surface area (Å²) in [5.41, 5.74) is 1.74. The van der Waals surface area contributed by atoms with Crippen molar-refractivity contribution in [3.8, 4) is 0 Å². The number of thiophene rings is 1. The highest BCUT2D eigenvalue weighted by atomic mass is 32.1. The number of esters is 1. The molecule has 3 aliphatic carbocycles. The molecule has 4 atom stereocenters. The molecule has 1 aromatic rings. The summed E-state index contributed by atoms with van der Waals surface area (Å²) >= 11 is 1.60. The fraction of sp³-hybridized carbons (Fsp3) is 0.714. The van der Waals surface area contributed by atoms with Crippen LogP contribution in [0.4, 0.5) is 5.00 Å². The first-order valence-electron chi connectivity index (χ1n) is 10.1. The number of nitrogens with one attached hydrogen (secondary N) is 1. The summed E-state index contributed by atoms with van der Waals surface area (Å²) in [5, 5.41) is 3.87. The molecule has 0 saturated heterocycles. The molecule has 0 spiro atoms. The predicted octanol–water partition coefficient (Wildman–Crippen LogP) is 4.81. The van der Waals surface area contributed by atoms with E-state index in [1.165, 1.54) is 24.1 Å². The van der Waals surface area contributed by atoms with Gasteiger partial charge >= 0.3 is 5.97 Å². The van der Waals surface area contributed by atoms with Crippen molar-refractivity contribution < 1.29 is 14.3 Å². The highest BCUT2D eigenvalue weighted by Gasteiger charge is 2.43. The Morgan fingerprint density at radius 1 is 1.19 bits per heavy atom. The Kier molecular flexibility index (Phi) is 4.84. The molecule has 2 fully saturated rings. The van der Waals surface area contributed by atoms with Crippen molar-refractivity contribution in [2.75, 3.05) is 5.32 Å². The van der Waals surface area contributed by atoms with Gasteiger partial charge in [-0.3, -0.25) is 4.79 Å². The summed E-state index contributed by atoms with van der Waals surface area (Å²) in [7, 11) is 0. The highest BCUT2D eigenvalue weighted by Crippen LogP contribution is 2.49. The van der Waals surface area contributed by atoms with Crippen molar-refractivity contribution in [3.63, 3.8) is 0 Å². The Balaban J connectivity index is 1.60. The van der Waals surface area contributed by atoms with Gasteiger partial charge in [0.2, 0.25) is 5.91 Å². The van der Waals surface area contributed by atoms with Gasteiger partial charge in [0.25, 0.3) is 0 Å². The second-order valence-corrected chi connectivity index (χ2v) is 9.89. The zero-order chi connectivity index (χ0) is 18.4. The minimum atomic E-state index is -0.282. The monoisotopic (exact) mass is 375 g/mol. The molecule has 0 radical (unpaired) electrons.